The van der Waals surface area contributed by atoms with Gasteiger partial charge in [0.25, 0.3) is 0 Å². The quantitative estimate of drug-likeness (QED) is 0.897. The van der Waals surface area contributed by atoms with E-state index in [9.17, 15) is 13.2 Å². The Labute approximate surface area is 95.4 Å². The van der Waals surface area contributed by atoms with E-state index in [1.54, 1.807) is 6.92 Å². The molecule has 1 heterocycles. The van der Waals surface area contributed by atoms with Gasteiger partial charge in [-0.25, -0.2) is 4.98 Å². The van der Waals surface area contributed by atoms with Crippen LogP contribution in [0.5, 0.6) is 0 Å². The van der Waals surface area contributed by atoms with E-state index in [1.807, 2.05) is 0 Å². The van der Waals surface area contributed by atoms with Gasteiger partial charge in [-0.3, -0.25) is 0 Å². The molecule has 16 heavy (non-hydrogen) atoms. The van der Waals surface area contributed by atoms with Crippen LogP contribution in [-0.2, 0) is 16.5 Å². The molecule has 2 N–H and O–H groups in total. The zero-order valence-corrected chi connectivity index (χ0v) is 9.78. The second-order valence-electron chi connectivity index (χ2n) is 3.69. The molecule has 3 nitrogen and oxygen atoms in total. The number of methoxy groups -OCH3 is 1. The third-order valence-electron chi connectivity index (χ3n) is 2.14. The number of thiazole rings is 1. The Morgan fingerprint density at radius 1 is 1.50 bits per heavy atom. The van der Waals surface area contributed by atoms with E-state index in [4.69, 9.17) is 10.5 Å². The Balaban J connectivity index is 2.84. The minimum absolute atomic E-state index is 0.395. The van der Waals surface area contributed by atoms with Crippen molar-refractivity contribution in [3.63, 3.8) is 0 Å². The van der Waals surface area contributed by atoms with Crippen LogP contribution in [0.2, 0.25) is 0 Å². The lowest BCUT2D eigenvalue weighted by atomic mass is 9.99. The van der Waals surface area contributed by atoms with E-state index >= 15 is 0 Å². The fraction of sp³-hybridized carbons (Fsp3) is 0.667. The van der Waals surface area contributed by atoms with E-state index in [0.717, 1.165) is 0 Å². The lowest BCUT2D eigenvalue weighted by Crippen LogP contribution is -2.33. The van der Waals surface area contributed by atoms with Crippen molar-refractivity contribution >= 4 is 11.3 Å². The highest BCUT2D eigenvalue weighted by atomic mass is 32.1. The average Bonchev–Trinajstić information content (AvgIpc) is 2.63. The lowest BCUT2D eigenvalue weighted by molar-refractivity contribution is -0.137. The molecule has 0 aliphatic carbocycles. The van der Waals surface area contributed by atoms with Gasteiger partial charge in [-0.1, -0.05) is 0 Å². The summed E-state index contributed by atoms with van der Waals surface area (Å²) < 4.78 is 41.8. The normalized spacial score (nSPS) is 16.1. The SMILES string of the molecule is COCCC(C)(N)c1cnc(C(F)(F)F)s1. The summed E-state index contributed by atoms with van der Waals surface area (Å²) in [6.07, 6.45) is -2.77. The minimum atomic E-state index is -4.40. The average molecular weight is 254 g/mol. The molecular weight excluding hydrogens is 241 g/mol. The van der Waals surface area contributed by atoms with Crippen LogP contribution in [0.1, 0.15) is 23.2 Å². The monoisotopic (exact) mass is 254 g/mol. The first-order valence-corrected chi connectivity index (χ1v) is 5.40. The number of aromatic nitrogens is 1. The van der Waals surface area contributed by atoms with Crippen molar-refractivity contribution < 1.29 is 17.9 Å². The van der Waals surface area contributed by atoms with Crippen molar-refractivity contribution in [3.05, 3.63) is 16.1 Å². The van der Waals surface area contributed by atoms with Gasteiger partial charge in [-0.05, 0) is 13.3 Å². The molecular formula is C9H13F3N2OS. The van der Waals surface area contributed by atoms with Crippen LogP contribution in [0.4, 0.5) is 13.2 Å². The molecule has 0 aliphatic heterocycles. The van der Waals surface area contributed by atoms with Crippen LogP contribution in [-0.4, -0.2) is 18.7 Å². The van der Waals surface area contributed by atoms with Crippen LogP contribution >= 0.6 is 11.3 Å². The summed E-state index contributed by atoms with van der Waals surface area (Å²) in [5.74, 6) is 0. The number of halogens is 3. The maximum Gasteiger partial charge on any atom is 0.443 e. The third-order valence-corrected chi connectivity index (χ3v) is 3.46. The molecule has 0 aliphatic rings. The van der Waals surface area contributed by atoms with Crippen LogP contribution in [0, 0.1) is 0 Å². The summed E-state index contributed by atoms with van der Waals surface area (Å²) >= 11 is 0.581. The molecule has 0 fully saturated rings. The fourth-order valence-electron chi connectivity index (χ4n) is 1.11. The molecule has 7 heteroatoms. The van der Waals surface area contributed by atoms with Crippen LogP contribution in [0.3, 0.4) is 0 Å². The molecule has 92 valence electrons. The zero-order valence-electron chi connectivity index (χ0n) is 8.97. The summed E-state index contributed by atoms with van der Waals surface area (Å²) in [5, 5.41) is -0.864. The maximum atomic E-state index is 12.3. The first-order chi connectivity index (χ1) is 7.27. The molecule has 1 aromatic rings. The summed E-state index contributed by atoms with van der Waals surface area (Å²) in [5.41, 5.74) is 5.07. The summed E-state index contributed by atoms with van der Waals surface area (Å²) in [6, 6.07) is 0. The Hall–Kier alpha value is -0.660. The van der Waals surface area contributed by atoms with Crippen molar-refractivity contribution in [3.8, 4) is 0 Å². The first-order valence-electron chi connectivity index (χ1n) is 4.58. The lowest BCUT2D eigenvalue weighted by Gasteiger charge is -2.21. The molecule has 1 atom stereocenters. The summed E-state index contributed by atoms with van der Waals surface area (Å²) in [7, 11) is 1.52. The molecule has 0 radical (unpaired) electrons. The largest absolute Gasteiger partial charge is 0.443 e. The Bertz CT molecular complexity index is 349. The van der Waals surface area contributed by atoms with E-state index < -0.39 is 16.7 Å². The molecule has 1 aromatic heterocycles. The highest BCUT2D eigenvalue weighted by Gasteiger charge is 2.36. The van der Waals surface area contributed by atoms with E-state index in [2.05, 4.69) is 4.98 Å². The molecule has 0 saturated carbocycles. The number of alkyl halides is 3. The second-order valence-corrected chi connectivity index (χ2v) is 4.72. The van der Waals surface area contributed by atoms with Gasteiger partial charge in [0.05, 0.1) is 5.54 Å². The molecule has 0 spiro atoms. The van der Waals surface area contributed by atoms with E-state index in [1.165, 1.54) is 13.3 Å². The number of rotatable bonds is 4. The number of hydrogen-bond acceptors (Lipinski definition) is 4. The van der Waals surface area contributed by atoms with Gasteiger partial charge in [-0.15, -0.1) is 11.3 Å². The smallest absolute Gasteiger partial charge is 0.385 e. The minimum Gasteiger partial charge on any atom is -0.385 e. The Morgan fingerprint density at radius 2 is 2.12 bits per heavy atom. The maximum absolute atomic E-state index is 12.3. The van der Waals surface area contributed by atoms with Crippen molar-refractivity contribution in [2.24, 2.45) is 5.73 Å². The Kier molecular flexibility index (Phi) is 3.92. The van der Waals surface area contributed by atoms with Gasteiger partial charge in [0.2, 0.25) is 0 Å². The first kappa shape index (κ1) is 13.4. The molecule has 0 bridgehead atoms. The van der Waals surface area contributed by atoms with E-state index in [-0.39, 0.29) is 0 Å². The Morgan fingerprint density at radius 3 is 2.56 bits per heavy atom. The van der Waals surface area contributed by atoms with Gasteiger partial charge >= 0.3 is 6.18 Å². The fourth-order valence-corrected chi connectivity index (χ4v) is 1.98. The van der Waals surface area contributed by atoms with Crippen molar-refractivity contribution in [2.75, 3.05) is 13.7 Å². The van der Waals surface area contributed by atoms with Crippen molar-refractivity contribution in [1.29, 1.82) is 0 Å². The van der Waals surface area contributed by atoms with Crippen molar-refractivity contribution in [2.45, 2.75) is 25.1 Å². The van der Waals surface area contributed by atoms with Gasteiger partial charge in [-0.2, -0.15) is 13.2 Å². The summed E-state index contributed by atoms with van der Waals surface area (Å²) in [6.45, 7) is 2.06. The zero-order chi connectivity index (χ0) is 12.4. The second kappa shape index (κ2) is 4.68. The standard InChI is InChI=1S/C9H13F3N2OS/c1-8(13,3-4-15-2)6-5-14-7(16-6)9(10,11)12/h5H,3-4,13H2,1-2H3. The molecule has 1 unspecified atom stereocenters. The number of nitrogens with zero attached hydrogens (tertiary/aromatic N) is 1. The van der Waals surface area contributed by atoms with Gasteiger partial charge in [0.1, 0.15) is 0 Å². The highest BCUT2D eigenvalue weighted by Crippen LogP contribution is 2.36. The van der Waals surface area contributed by atoms with Crippen LogP contribution in [0.15, 0.2) is 6.20 Å². The predicted molar refractivity (Wildman–Crippen MR) is 55.1 cm³/mol. The highest BCUT2D eigenvalue weighted by molar-refractivity contribution is 7.11. The topological polar surface area (TPSA) is 48.1 Å². The third kappa shape index (κ3) is 3.16. The number of hydrogen-bond donors (Lipinski definition) is 1. The molecule has 1 rings (SSSR count). The molecule has 0 amide bonds. The van der Waals surface area contributed by atoms with Gasteiger partial charge in [0.15, 0.2) is 5.01 Å². The van der Waals surface area contributed by atoms with E-state index in [0.29, 0.717) is 29.2 Å². The van der Waals surface area contributed by atoms with Crippen LogP contribution < -0.4 is 5.73 Å². The number of nitrogens with two attached hydrogens (primary N) is 1. The van der Waals surface area contributed by atoms with Gasteiger partial charge < -0.3 is 10.5 Å². The predicted octanol–water partition coefficient (Wildman–Crippen LogP) is 2.37. The summed E-state index contributed by atoms with van der Waals surface area (Å²) in [4.78, 5) is 3.75. The van der Waals surface area contributed by atoms with Crippen LogP contribution in [0.25, 0.3) is 0 Å². The molecule has 0 aromatic carbocycles. The van der Waals surface area contributed by atoms with Crippen molar-refractivity contribution in [1.82, 2.24) is 4.98 Å². The number of ether oxygens (including phenoxy) is 1. The van der Waals surface area contributed by atoms with Gasteiger partial charge in [0, 0.05) is 24.8 Å². The molecule has 0 saturated heterocycles.